The molecule has 3 aromatic heterocycles. The molecule has 34 heavy (non-hydrogen) atoms. The van der Waals surface area contributed by atoms with Gasteiger partial charge in [0.25, 0.3) is 11.5 Å². The summed E-state index contributed by atoms with van der Waals surface area (Å²) >= 11 is 2.68. The fourth-order valence-corrected chi connectivity index (χ4v) is 5.43. The Bertz CT molecular complexity index is 1420. The van der Waals surface area contributed by atoms with Crippen LogP contribution in [0.4, 0.5) is 5.69 Å². The van der Waals surface area contributed by atoms with Crippen molar-refractivity contribution in [1.29, 1.82) is 0 Å². The minimum Gasteiger partial charge on any atom is -0.467 e. The molecule has 3 heterocycles. The van der Waals surface area contributed by atoms with Crippen molar-refractivity contribution in [2.24, 2.45) is 7.05 Å². The van der Waals surface area contributed by atoms with Crippen molar-refractivity contribution < 1.29 is 14.0 Å². The summed E-state index contributed by atoms with van der Waals surface area (Å²) < 4.78 is 6.73. The summed E-state index contributed by atoms with van der Waals surface area (Å²) in [5.74, 6) is 0.174. The maximum atomic E-state index is 13.0. The van der Waals surface area contributed by atoms with E-state index in [1.807, 2.05) is 13.8 Å². The molecule has 0 saturated carbocycles. The number of carbonyl (C=O) groups excluding carboxylic acids is 2. The summed E-state index contributed by atoms with van der Waals surface area (Å²) in [6, 6.07) is 10.4. The second kappa shape index (κ2) is 9.86. The minimum absolute atomic E-state index is 0.0635. The SMILES string of the molecule is Cc1sc2nc(SCC(=O)N(C)c3ccccc3C(=O)NCc3ccco3)n(C)c(=O)c2c1C. The standard InChI is InChI=1S/C24H24N4O4S2/c1-14-15(2)34-22-20(14)23(31)28(4)24(26-22)33-13-19(29)27(3)18-10-6-5-9-17(18)21(30)25-12-16-8-7-11-32-16/h5-11H,12-13H2,1-4H3,(H,25,30). The van der Waals surface area contributed by atoms with Crippen LogP contribution < -0.4 is 15.8 Å². The van der Waals surface area contributed by atoms with E-state index in [2.05, 4.69) is 10.3 Å². The zero-order chi connectivity index (χ0) is 24.4. The van der Waals surface area contributed by atoms with Gasteiger partial charge in [-0.1, -0.05) is 23.9 Å². The van der Waals surface area contributed by atoms with Gasteiger partial charge in [-0.15, -0.1) is 11.3 Å². The number of aromatic nitrogens is 2. The monoisotopic (exact) mass is 496 g/mol. The molecule has 0 aliphatic carbocycles. The summed E-state index contributed by atoms with van der Waals surface area (Å²) in [6.07, 6.45) is 1.54. The Morgan fingerprint density at radius 2 is 1.97 bits per heavy atom. The van der Waals surface area contributed by atoms with Gasteiger partial charge >= 0.3 is 0 Å². The maximum Gasteiger partial charge on any atom is 0.262 e. The number of thiophene rings is 1. The number of amides is 2. The second-order valence-electron chi connectivity index (χ2n) is 7.74. The van der Waals surface area contributed by atoms with Crippen molar-refractivity contribution in [3.05, 3.63) is 74.8 Å². The van der Waals surface area contributed by atoms with Crippen LogP contribution in [0.3, 0.4) is 0 Å². The van der Waals surface area contributed by atoms with Gasteiger partial charge in [0.1, 0.15) is 10.6 Å². The van der Waals surface area contributed by atoms with E-state index >= 15 is 0 Å². The Morgan fingerprint density at radius 3 is 2.71 bits per heavy atom. The lowest BCUT2D eigenvalue weighted by molar-refractivity contribution is -0.115. The van der Waals surface area contributed by atoms with Crippen LogP contribution in [-0.4, -0.2) is 34.2 Å². The van der Waals surface area contributed by atoms with Gasteiger partial charge < -0.3 is 14.6 Å². The minimum atomic E-state index is -0.308. The van der Waals surface area contributed by atoms with Gasteiger partial charge in [0.15, 0.2) is 5.16 Å². The molecule has 2 amide bonds. The quantitative estimate of drug-likeness (QED) is 0.308. The number of carbonyl (C=O) groups is 2. The van der Waals surface area contributed by atoms with E-state index in [4.69, 9.17) is 4.42 Å². The zero-order valence-electron chi connectivity index (χ0n) is 19.2. The molecule has 4 aromatic rings. The lowest BCUT2D eigenvalue weighted by Crippen LogP contribution is -2.32. The van der Waals surface area contributed by atoms with E-state index in [9.17, 15) is 14.4 Å². The van der Waals surface area contributed by atoms with E-state index in [1.165, 1.54) is 32.6 Å². The van der Waals surface area contributed by atoms with Crippen LogP contribution in [0.1, 0.15) is 26.6 Å². The molecule has 1 N–H and O–H groups in total. The molecule has 0 bridgehead atoms. The molecule has 0 radical (unpaired) electrons. The second-order valence-corrected chi connectivity index (χ2v) is 9.89. The van der Waals surface area contributed by atoms with Crippen LogP contribution in [0.2, 0.25) is 0 Å². The highest BCUT2D eigenvalue weighted by Gasteiger charge is 2.20. The molecule has 0 fully saturated rings. The summed E-state index contributed by atoms with van der Waals surface area (Å²) in [4.78, 5) is 46.4. The fraction of sp³-hybridized carbons (Fsp3) is 0.250. The van der Waals surface area contributed by atoms with Crippen LogP contribution in [-0.2, 0) is 18.4 Å². The van der Waals surface area contributed by atoms with Crippen LogP contribution in [0.25, 0.3) is 10.2 Å². The summed E-state index contributed by atoms with van der Waals surface area (Å²) in [7, 11) is 3.29. The highest BCUT2D eigenvalue weighted by molar-refractivity contribution is 7.99. The van der Waals surface area contributed by atoms with Crippen molar-refractivity contribution in [2.75, 3.05) is 17.7 Å². The highest BCUT2D eigenvalue weighted by Crippen LogP contribution is 2.28. The zero-order valence-corrected chi connectivity index (χ0v) is 20.9. The number of aryl methyl sites for hydroxylation is 2. The number of benzene rings is 1. The van der Waals surface area contributed by atoms with Crippen molar-refractivity contribution in [3.63, 3.8) is 0 Å². The maximum absolute atomic E-state index is 13.0. The van der Waals surface area contributed by atoms with Gasteiger partial charge in [0.2, 0.25) is 5.91 Å². The molecule has 0 aliphatic rings. The summed E-state index contributed by atoms with van der Waals surface area (Å²) in [6.45, 7) is 4.14. The number of para-hydroxylation sites is 1. The van der Waals surface area contributed by atoms with Crippen LogP contribution in [0.5, 0.6) is 0 Å². The van der Waals surface area contributed by atoms with Gasteiger partial charge in [-0.25, -0.2) is 4.98 Å². The van der Waals surface area contributed by atoms with Crippen molar-refractivity contribution in [1.82, 2.24) is 14.9 Å². The van der Waals surface area contributed by atoms with E-state index < -0.39 is 0 Å². The molecular weight excluding hydrogens is 472 g/mol. The van der Waals surface area contributed by atoms with E-state index in [-0.39, 0.29) is 29.7 Å². The van der Waals surface area contributed by atoms with Gasteiger partial charge in [0.05, 0.1) is 35.2 Å². The Hall–Kier alpha value is -3.37. The number of hydrogen-bond donors (Lipinski definition) is 1. The first-order chi connectivity index (χ1) is 16.3. The molecule has 10 heteroatoms. The average molecular weight is 497 g/mol. The topological polar surface area (TPSA) is 97.4 Å². The van der Waals surface area contributed by atoms with Gasteiger partial charge in [0, 0.05) is 19.0 Å². The molecule has 0 saturated heterocycles. The van der Waals surface area contributed by atoms with Crippen molar-refractivity contribution in [2.45, 2.75) is 25.5 Å². The summed E-state index contributed by atoms with van der Waals surface area (Å²) in [5, 5.41) is 3.92. The molecular formula is C24H24N4O4S2. The molecule has 1 aromatic carbocycles. The lowest BCUT2D eigenvalue weighted by Gasteiger charge is -2.20. The third-order valence-electron chi connectivity index (χ3n) is 5.58. The Balaban J connectivity index is 1.49. The molecule has 0 spiro atoms. The third-order valence-corrected chi connectivity index (χ3v) is 7.70. The lowest BCUT2D eigenvalue weighted by atomic mass is 10.1. The largest absolute Gasteiger partial charge is 0.467 e. The van der Waals surface area contributed by atoms with Crippen LogP contribution in [0, 0.1) is 13.8 Å². The normalized spacial score (nSPS) is 11.1. The average Bonchev–Trinajstić information content (AvgIpc) is 3.46. The molecule has 176 valence electrons. The number of thioether (sulfide) groups is 1. The van der Waals surface area contributed by atoms with E-state index in [1.54, 1.807) is 56.8 Å². The van der Waals surface area contributed by atoms with Crippen molar-refractivity contribution >= 4 is 50.8 Å². The van der Waals surface area contributed by atoms with E-state index in [0.717, 1.165) is 10.4 Å². The smallest absolute Gasteiger partial charge is 0.262 e. The molecule has 8 nitrogen and oxygen atoms in total. The van der Waals surface area contributed by atoms with Crippen LogP contribution in [0.15, 0.2) is 57.0 Å². The number of nitrogens with one attached hydrogen (secondary N) is 1. The number of anilines is 1. The Labute approximate surface area is 204 Å². The number of fused-ring (bicyclic) bond motifs is 1. The fourth-order valence-electron chi connectivity index (χ4n) is 3.48. The van der Waals surface area contributed by atoms with Gasteiger partial charge in [-0.2, -0.15) is 0 Å². The molecule has 0 aliphatic heterocycles. The Kier molecular flexibility index (Phi) is 6.90. The number of rotatable bonds is 7. The highest BCUT2D eigenvalue weighted by atomic mass is 32.2. The van der Waals surface area contributed by atoms with Crippen molar-refractivity contribution in [3.8, 4) is 0 Å². The van der Waals surface area contributed by atoms with E-state index in [0.29, 0.717) is 32.4 Å². The van der Waals surface area contributed by atoms with Gasteiger partial charge in [-0.05, 0) is 43.7 Å². The first kappa shape index (κ1) is 23.8. The first-order valence-corrected chi connectivity index (χ1v) is 12.3. The third kappa shape index (κ3) is 4.64. The number of hydrogen-bond acceptors (Lipinski definition) is 7. The predicted molar refractivity (Wildman–Crippen MR) is 135 cm³/mol. The molecule has 4 rings (SSSR count). The predicted octanol–water partition coefficient (Wildman–Crippen LogP) is 3.89. The summed E-state index contributed by atoms with van der Waals surface area (Å²) in [5.41, 5.74) is 1.70. The number of nitrogens with zero attached hydrogens (tertiary/aromatic N) is 3. The number of furan rings is 1. The van der Waals surface area contributed by atoms with Gasteiger partial charge in [-0.3, -0.25) is 19.0 Å². The van der Waals surface area contributed by atoms with Crippen LogP contribution >= 0.6 is 23.1 Å². The Morgan fingerprint density at radius 1 is 1.21 bits per heavy atom. The molecule has 0 atom stereocenters. The first-order valence-electron chi connectivity index (χ1n) is 10.5. The molecule has 0 unspecified atom stereocenters.